The van der Waals surface area contributed by atoms with Crippen molar-refractivity contribution >= 4 is 0 Å². The van der Waals surface area contributed by atoms with E-state index < -0.39 is 0 Å². The molecule has 0 amide bonds. The molecule has 0 saturated carbocycles. The average Bonchev–Trinajstić information content (AvgIpc) is 3.03. The van der Waals surface area contributed by atoms with E-state index in [0.29, 0.717) is 18.7 Å². The van der Waals surface area contributed by atoms with Gasteiger partial charge in [0, 0.05) is 37.5 Å². The lowest BCUT2D eigenvalue weighted by Crippen LogP contribution is -2.14. The minimum Gasteiger partial charge on any atom is -0.392 e. The zero-order valence-electron chi connectivity index (χ0n) is 14.1. The summed E-state index contributed by atoms with van der Waals surface area (Å²) in [7, 11) is 1.90. The Morgan fingerprint density at radius 3 is 2.40 bits per heavy atom. The van der Waals surface area contributed by atoms with E-state index in [9.17, 15) is 5.11 Å². The fourth-order valence-electron chi connectivity index (χ4n) is 2.83. The van der Waals surface area contributed by atoms with E-state index in [1.807, 2.05) is 49.6 Å². The van der Waals surface area contributed by atoms with Crippen molar-refractivity contribution in [2.75, 3.05) is 0 Å². The van der Waals surface area contributed by atoms with Crippen LogP contribution >= 0.6 is 0 Å². The summed E-state index contributed by atoms with van der Waals surface area (Å²) in [6, 6.07) is 17.4. The zero-order valence-corrected chi connectivity index (χ0v) is 14.1. The molecule has 0 fully saturated rings. The highest BCUT2D eigenvalue weighted by atomic mass is 16.3. The van der Waals surface area contributed by atoms with Crippen molar-refractivity contribution in [2.24, 2.45) is 7.05 Å². The maximum absolute atomic E-state index is 9.41. The van der Waals surface area contributed by atoms with Gasteiger partial charge in [-0.25, -0.2) is 0 Å². The summed E-state index contributed by atoms with van der Waals surface area (Å²) in [5.74, 6) is 0. The molecular formula is C20H20N4O. The number of benzene rings is 2. The molecule has 2 N–H and O–H groups in total. The smallest absolute Gasteiger partial charge is 0.0991 e. The monoisotopic (exact) mass is 332 g/mol. The van der Waals surface area contributed by atoms with Crippen molar-refractivity contribution < 1.29 is 5.11 Å². The number of nitriles is 1. The Bertz CT molecular complexity index is 891. The topological polar surface area (TPSA) is 73.9 Å². The van der Waals surface area contributed by atoms with Crippen LogP contribution in [0.3, 0.4) is 0 Å². The van der Waals surface area contributed by atoms with Gasteiger partial charge in [-0.15, -0.1) is 0 Å². The lowest BCUT2D eigenvalue weighted by atomic mass is 10.1. The molecule has 0 bridgehead atoms. The second-order valence-corrected chi connectivity index (χ2v) is 5.90. The second kappa shape index (κ2) is 7.75. The van der Waals surface area contributed by atoms with Gasteiger partial charge in [-0.1, -0.05) is 36.4 Å². The number of hydrogen-bond donors (Lipinski definition) is 2. The highest BCUT2D eigenvalue weighted by Crippen LogP contribution is 2.22. The Morgan fingerprint density at radius 1 is 1.04 bits per heavy atom. The molecule has 0 aliphatic carbocycles. The predicted molar refractivity (Wildman–Crippen MR) is 96.3 cm³/mol. The molecule has 126 valence electrons. The number of aliphatic hydroxyl groups excluding tert-OH is 1. The molecule has 3 rings (SSSR count). The molecular weight excluding hydrogens is 312 g/mol. The summed E-state index contributed by atoms with van der Waals surface area (Å²) in [5.41, 5.74) is 5.66. The summed E-state index contributed by atoms with van der Waals surface area (Å²) in [6.45, 7) is 1.39. The van der Waals surface area contributed by atoms with Crippen LogP contribution in [0, 0.1) is 11.3 Å². The second-order valence-electron chi connectivity index (χ2n) is 5.90. The molecule has 5 heteroatoms. The van der Waals surface area contributed by atoms with Crippen molar-refractivity contribution in [3.8, 4) is 17.3 Å². The van der Waals surface area contributed by atoms with Crippen molar-refractivity contribution in [3.05, 3.63) is 77.0 Å². The highest BCUT2D eigenvalue weighted by molar-refractivity contribution is 5.63. The third-order valence-corrected chi connectivity index (χ3v) is 4.11. The van der Waals surface area contributed by atoms with Crippen LogP contribution in [0.25, 0.3) is 11.3 Å². The zero-order chi connectivity index (χ0) is 17.6. The minimum atomic E-state index is 0.0429. The molecule has 0 unspecified atom stereocenters. The number of aliphatic hydroxyl groups is 1. The van der Waals surface area contributed by atoms with E-state index in [2.05, 4.69) is 16.5 Å². The van der Waals surface area contributed by atoms with Crippen molar-refractivity contribution in [1.82, 2.24) is 15.1 Å². The van der Waals surface area contributed by atoms with E-state index in [4.69, 9.17) is 5.26 Å². The average molecular weight is 332 g/mol. The van der Waals surface area contributed by atoms with Crippen LogP contribution in [0.5, 0.6) is 0 Å². The van der Waals surface area contributed by atoms with Crippen molar-refractivity contribution in [2.45, 2.75) is 19.7 Å². The van der Waals surface area contributed by atoms with Crippen LogP contribution in [-0.4, -0.2) is 14.9 Å². The molecule has 0 radical (unpaired) electrons. The van der Waals surface area contributed by atoms with Gasteiger partial charge < -0.3 is 10.4 Å². The van der Waals surface area contributed by atoms with Gasteiger partial charge in [0.15, 0.2) is 0 Å². The van der Waals surface area contributed by atoms with Crippen LogP contribution in [0.2, 0.25) is 0 Å². The maximum atomic E-state index is 9.41. The quantitative estimate of drug-likeness (QED) is 0.728. The number of nitrogens with one attached hydrogen (secondary N) is 1. The van der Waals surface area contributed by atoms with Crippen LogP contribution in [0.4, 0.5) is 0 Å². The summed E-state index contributed by atoms with van der Waals surface area (Å²) < 4.78 is 1.80. The molecule has 0 spiro atoms. The fourth-order valence-corrected chi connectivity index (χ4v) is 2.83. The summed E-state index contributed by atoms with van der Waals surface area (Å²) >= 11 is 0. The number of rotatable bonds is 6. The third-order valence-electron chi connectivity index (χ3n) is 4.11. The SMILES string of the molecule is Cn1cc(CNCc2ccccc2CO)c(-c2ccc(C#N)cc2)n1. The molecule has 0 aliphatic rings. The standard InChI is InChI=1S/C20H20N4O/c1-24-13-19(12-22-11-17-4-2-3-5-18(17)14-25)20(23-24)16-8-6-15(10-21)7-9-16/h2-9,13,22,25H,11-12,14H2,1H3. The molecule has 1 heterocycles. The van der Waals surface area contributed by atoms with Gasteiger partial charge in [0.1, 0.15) is 0 Å². The van der Waals surface area contributed by atoms with E-state index in [-0.39, 0.29) is 6.61 Å². The molecule has 0 atom stereocenters. The lowest BCUT2D eigenvalue weighted by molar-refractivity contribution is 0.280. The molecule has 3 aromatic rings. The normalized spacial score (nSPS) is 10.6. The van der Waals surface area contributed by atoms with E-state index in [1.165, 1.54) is 0 Å². The molecule has 2 aromatic carbocycles. The molecule has 1 aromatic heterocycles. The first kappa shape index (κ1) is 16.9. The molecule has 0 saturated heterocycles. The largest absolute Gasteiger partial charge is 0.392 e. The first-order chi connectivity index (χ1) is 12.2. The molecule has 25 heavy (non-hydrogen) atoms. The number of aryl methyl sites for hydroxylation is 1. The fraction of sp³-hybridized carbons (Fsp3) is 0.200. The Labute approximate surface area is 147 Å². The first-order valence-corrected chi connectivity index (χ1v) is 8.12. The lowest BCUT2D eigenvalue weighted by Gasteiger charge is -2.09. The van der Waals surface area contributed by atoms with E-state index in [1.54, 1.807) is 16.8 Å². The van der Waals surface area contributed by atoms with Gasteiger partial charge in [0.05, 0.1) is 23.9 Å². The van der Waals surface area contributed by atoms with E-state index in [0.717, 1.165) is 27.9 Å². The van der Waals surface area contributed by atoms with Gasteiger partial charge in [-0.2, -0.15) is 10.4 Å². The van der Waals surface area contributed by atoms with Crippen LogP contribution in [-0.2, 0) is 26.7 Å². The van der Waals surface area contributed by atoms with E-state index >= 15 is 0 Å². The maximum Gasteiger partial charge on any atom is 0.0991 e. The highest BCUT2D eigenvalue weighted by Gasteiger charge is 2.10. The van der Waals surface area contributed by atoms with Gasteiger partial charge in [-0.05, 0) is 23.3 Å². The molecule has 0 aliphatic heterocycles. The van der Waals surface area contributed by atoms with Gasteiger partial charge in [0.2, 0.25) is 0 Å². The number of hydrogen-bond acceptors (Lipinski definition) is 4. The summed E-state index contributed by atoms with van der Waals surface area (Å²) in [4.78, 5) is 0. The Hall–Kier alpha value is -2.94. The van der Waals surface area contributed by atoms with Crippen LogP contribution < -0.4 is 5.32 Å². The van der Waals surface area contributed by atoms with Crippen molar-refractivity contribution in [3.63, 3.8) is 0 Å². The molecule has 5 nitrogen and oxygen atoms in total. The third kappa shape index (κ3) is 3.94. The van der Waals surface area contributed by atoms with Crippen LogP contribution in [0.1, 0.15) is 22.3 Å². The first-order valence-electron chi connectivity index (χ1n) is 8.12. The predicted octanol–water partition coefficient (Wildman–Crippen LogP) is 2.74. The van der Waals surface area contributed by atoms with Crippen molar-refractivity contribution in [1.29, 1.82) is 5.26 Å². The Morgan fingerprint density at radius 2 is 1.72 bits per heavy atom. The summed E-state index contributed by atoms with van der Waals surface area (Å²) in [5, 5.41) is 26.3. The van der Waals surface area contributed by atoms with Gasteiger partial charge in [0.25, 0.3) is 0 Å². The van der Waals surface area contributed by atoms with Gasteiger partial charge >= 0.3 is 0 Å². The number of aromatic nitrogens is 2. The minimum absolute atomic E-state index is 0.0429. The van der Waals surface area contributed by atoms with Crippen LogP contribution in [0.15, 0.2) is 54.7 Å². The summed E-state index contributed by atoms with van der Waals surface area (Å²) in [6.07, 6.45) is 2.00. The number of nitrogens with zero attached hydrogens (tertiary/aromatic N) is 3. The van der Waals surface area contributed by atoms with Gasteiger partial charge in [-0.3, -0.25) is 4.68 Å². The Kier molecular flexibility index (Phi) is 5.24. The Balaban J connectivity index is 1.74.